The minimum atomic E-state index is 0.562. The van der Waals surface area contributed by atoms with E-state index in [-0.39, 0.29) is 0 Å². The third kappa shape index (κ3) is 3.38. The van der Waals surface area contributed by atoms with E-state index in [1.54, 1.807) is 18.0 Å². The van der Waals surface area contributed by atoms with Crippen LogP contribution in [0.5, 0.6) is 0 Å². The van der Waals surface area contributed by atoms with Crippen LogP contribution in [0.3, 0.4) is 0 Å². The van der Waals surface area contributed by atoms with E-state index in [9.17, 15) is 0 Å². The Morgan fingerprint density at radius 1 is 1.17 bits per heavy atom. The van der Waals surface area contributed by atoms with Gasteiger partial charge in [0.1, 0.15) is 12.1 Å². The van der Waals surface area contributed by atoms with E-state index in [4.69, 9.17) is 4.42 Å². The molecule has 1 fully saturated rings. The molecule has 0 amide bonds. The zero-order valence-corrected chi connectivity index (χ0v) is 14.5. The molecule has 2 aromatic heterocycles. The Balaban J connectivity index is 1.38. The van der Waals surface area contributed by atoms with Gasteiger partial charge in [0.15, 0.2) is 0 Å². The molecule has 4 rings (SSSR count). The standard InChI is InChI=1S/C18H20N4OS/c1-12-6-8-14(9-7-12)17-19-15(10-23-17)11-24-18-20-16(21-22-18)13-4-2-3-5-13/h6-10,13H,2-5,11H2,1H3,(H,20,21,22). The fraction of sp³-hybridized carbons (Fsp3) is 0.389. The second-order valence-corrected chi connectivity index (χ2v) is 7.23. The van der Waals surface area contributed by atoms with Gasteiger partial charge in [0.2, 0.25) is 11.0 Å². The number of rotatable bonds is 5. The van der Waals surface area contributed by atoms with Gasteiger partial charge in [0, 0.05) is 17.2 Å². The van der Waals surface area contributed by atoms with Gasteiger partial charge in [0.05, 0.1) is 5.69 Å². The van der Waals surface area contributed by atoms with Crippen molar-refractivity contribution in [2.45, 2.75) is 49.4 Å². The highest BCUT2D eigenvalue weighted by Gasteiger charge is 2.20. The summed E-state index contributed by atoms with van der Waals surface area (Å²) in [6.45, 7) is 2.07. The van der Waals surface area contributed by atoms with E-state index in [1.165, 1.54) is 31.2 Å². The number of H-pyrrole nitrogens is 1. The number of aromatic nitrogens is 4. The number of hydrogen-bond donors (Lipinski definition) is 1. The van der Waals surface area contributed by atoms with E-state index in [2.05, 4.69) is 39.2 Å². The first kappa shape index (κ1) is 15.4. The maximum atomic E-state index is 5.59. The van der Waals surface area contributed by atoms with E-state index < -0.39 is 0 Å². The fourth-order valence-corrected chi connectivity index (χ4v) is 3.73. The summed E-state index contributed by atoms with van der Waals surface area (Å²) >= 11 is 1.59. The second kappa shape index (κ2) is 6.81. The lowest BCUT2D eigenvalue weighted by Crippen LogP contribution is -1.94. The van der Waals surface area contributed by atoms with Crippen molar-refractivity contribution in [2.24, 2.45) is 0 Å². The quantitative estimate of drug-likeness (QED) is 0.681. The third-order valence-electron chi connectivity index (χ3n) is 4.42. The van der Waals surface area contributed by atoms with Crippen LogP contribution in [0.25, 0.3) is 11.5 Å². The molecule has 1 saturated carbocycles. The summed E-state index contributed by atoms with van der Waals surface area (Å²) in [4.78, 5) is 9.18. The summed E-state index contributed by atoms with van der Waals surface area (Å²) < 4.78 is 5.59. The van der Waals surface area contributed by atoms with Crippen LogP contribution in [0, 0.1) is 6.92 Å². The van der Waals surface area contributed by atoms with E-state index in [0.717, 1.165) is 22.2 Å². The van der Waals surface area contributed by atoms with Gasteiger partial charge in [-0.1, -0.05) is 42.3 Å². The lowest BCUT2D eigenvalue weighted by atomic mass is 10.1. The van der Waals surface area contributed by atoms with Crippen molar-refractivity contribution in [2.75, 3.05) is 0 Å². The van der Waals surface area contributed by atoms with Crippen molar-refractivity contribution < 1.29 is 4.42 Å². The zero-order chi connectivity index (χ0) is 16.4. The van der Waals surface area contributed by atoms with Gasteiger partial charge < -0.3 is 4.42 Å². The zero-order valence-electron chi connectivity index (χ0n) is 13.7. The molecular formula is C18H20N4OS. The van der Waals surface area contributed by atoms with E-state index in [1.807, 2.05) is 12.1 Å². The van der Waals surface area contributed by atoms with E-state index >= 15 is 0 Å². The highest BCUT2D eigenvalue weighted by Crippen LogP contribution is 2.33. The van der Waals surface area contributed by atoms with Crippen LogP contribution in [-0.2, 0) is 5.75 Å². The van der Waals surface area contributed by atoms with Crippen molar-refractivity contribution in [3.8, 4) is 11.5 Å². The third-order valence-corrected chi connectivity index (χ3v) is 5.30. The van der Waals surface area contributed by atoms with Crippen LogP contribution in [0.2, 0.25) is 0 Å². The molecule has 124 valence electrons. The Morgan fingerprint density at radius 2 is 1.96 bits per heavy atom. The van der Waals surface area contributed by atoms with Crippen LogP contribution in [-0.4, -0.2) is 20.2 Å². The van der Waals surface area contributed by atoms with Gasteiger partial charge in [-0.25, -0.2) is 9.97 Å². The number of benzene rings is 1. The molecule has 0 bridgehead atoms. The molecule has 0 spiro atoms. The highest BCUT2D eigenvalue weighted by molar-refractivity contribution is 7.98. The topological polar surface area (TPSA) is 67.6 Å². The van der Waals surface area contributed by atoms with Crippen LogP contribution in [0.1, 0.15) is 48.7 Å². The fourth-order valence-electron chi connectivity index (χ4n) is 3.04. The summed E-state index contributed by atoms with van der Waals surface area (Å²) in [5.74, 6) is 2.96. The smallest absolute Gasteiger partial charge is 0.226 e. The lowest BCUT2D eigenvalue weighted by Gasteiger charge is -2.01. The summed E-state index contributed by atoms with van der Waals surface area (Å²) in [5.41, 5.74) is 3.13. The molecule has 0 saturated heterocycles. The van der Waals surface area contributed by atoms with Crippen LogP contribution >= 0.6 is 11.8 Å². The molecule has 2 heterocycles. The summed E-state index contributed by atoms with van der Waals surface area (Å²) in [6.07, 6.45) is 6.76. The summed E-state index contributed by atoms with van der Waals surface area (Å²) in [7, 11) is 0. The molecule has 1 aliphatic carbocycles. The predicted octanol–water partition coefficient (Wildman–Crippen LogP) is 4.72. The van der Waals surface area contributed by atoms with Gasteiger partial charge in [-0.3, -0.25) is 5.10 Å². The Morgan fingerprint density at radius 3 is 2.75 bits per heavy atom. The van der Waals surface area contributed by atoms with Crippen molar-refractivity contribution in [3.05, 3.63) is 47.6 Å². The van der Waals surface area contributed by atoms with Gasteiger partial charge >= 0.3 is 0 Å². The Labute approximate surface area is 145 Å². The van der Waals surface area contributed by atoms with Crippen LogP contribution in [0.4, 0.5) is 0 Å². The number of oxazole rings is 1. The van der Waals surface area contributed by atoms with Crippen molar-refractivity contribution in [1.82, 2.24) is 20.2 Å². The molecule has 0 aliphatic heterocycles. The average Bonchev–Trinajstić information content (AvgIpc) is 3.34. The Hall–Kier alpha value is -2.08. The van der Waals surface area contributed by atoms with Crippen molar-refractivity contribution in [3.63, 3.8) is 0 Å². The SMILES string of the molecule is Cc1ccc(-c2nc(CSc3n[nH]c(C4CCCC4)n3)co2)cc1. The number of hydrogen-bond acceptors (Lipinski definition) is 5. The predicted molar refractivity (Wildman–Crippen MR) is 93.8 cm³/mol. The second-order valence-electron chi connectivity index (χ2n) is 6.28. The number of nitrogens with zero attached hydrogens (tertiary/aromatic N) is 3. The normalized spacial score (nSPS) is 15.2. The Bertz CT molecular complexity index is 803. The monoisotopic (exact) mass is 340 g/mol. The molecule has 3 aromatic rings. The number of nitrogens with one attached hydrogen (secondary N) is 1. The maximum Gasteiger partial charge on any atom is 0.226 e. The first-order valence-electron chi connectivity index (χ1n) is 8.34. The van der Waals surface area contributed by atoms with E-state index in [0.29, 0.717) is 17.6 Å². The molecular weight excluding hydrogens is 320 g/mol. The molecule has 0 unspecified atom stereocenters. The summed E-state index contributed by atoms with van der Waals surface area (Å²) in [5, 5.41) is 8.20. The van der Waals surface area contributed by atoms with Crippen molar-refractivity contribution in [1.29, 1.82) is 0 Å². The minimum absolute atomic E-state index is 0.562. The van der Waals surface area contributed by atoms with Crippen LogP contribution in [0.15, 0.2) is 40.1 Å². The maximum absolute atomic E-state index is 5.59. The van der Waals surface area contributed by atoms with Gasteiger partial charge in [-0.15, -0.1) is 5.10 Å². The Kier molecular flexibility index (Phi) is 4.38. The molecule has 24 heavy (non-hydrogen) atoms. The number of aryl methyl sites for hydroxylation is 1. The first-order valence-corrected chi connectivity index (χ1v) is 9.33. The minimum Gasteiger partial charge on any atom is -0.444 e. The molecule has 1 aromatic carbocycles. The largest absolute Gasteiger partial charge is 0.444 e. The molecule has 0 radical (unpaired) electrons. The van der Waals surface area contributed by atoms with Crippen LogP contribution < -0.4 is 0 Å². The first-order chi connectivity index (χ1) is 11.8. The summed E-state index contributed by atoms with van der Waals surface area (Å²) in [6, 6.07) is 8.18. The number of aromatic amines is 1. The van der Waals surface area contributed by atoms with Gasteiger partial charge in [0.25, 0.3) is 0 Å². The molecule has 0 atom stereocenters. The van der Waals surface area contributed by atoms with Gasteiger partial charge in [-0.2, -0.15) is 0 Å². The lowest BCUT2D eigenvalue weighted by molar-refractivity contribution is 0.573. The number of thioether (sulfide) groups is 1. The molecule has 5 nitrogen and oxygen atoms in total. The highest BCUT2D eigenvalue weighted by atomic mass is 32.2. The molecule has 1 aliphatic rings. The van der Waals surface area contributed by atoms with Gasteiger partial charge in [-0.05, 0) is 31.9 Å². The molecule has 6 heteroatoms. The average molecular weight is 340 g/mol. The molecule has 1 N–H and O–H groups in total. The van der Waals surface area contributed by atoms with Crippen molar-refractivity contribution >= 4 is 11.8 Å².